The number of benzene rings is 4. The molecule has 1 aliphatic carbocycles. The van der Waals surface area contributed by atoms with Crippen LogP contribution in [0.4, 0.5) is 0 Å². The van der Waals surface area contributed by atoms with Crippen molar-refractivity contribution >= 4 is 0 Å². The van der Waals surface area contributed by atoms with Gasteiger partial charge in [0.15, 0.2) is 0 Å². The fourth-order valence-electron chi connectivity index (χ4n) is 7.39. The van der Waals surface area contributed by atoms with Crippen molar-refractivity contribution < 1.29 is 37.9 Å². The molecule has 0 N–H and O–H groups in total. The summed E-state index contributed by atoms with van der Waals surface area (Å²) in [6, 6.07) is 16.9. The molecule has 0 saturated carbocycles. The van der Waals surface area contributed by atoms with Crippen molar-refractivity contribution in [2.45, 2.75) is 51.4 Å². The van der Waals surface area contributed by atoms with Gasteiger partial charge in [0.2, 0.25) is 27.2 Å². The second-order valence-electron chi connectivity index (χ2n) is 12.2. The van der Waals surface area contributed by atoms with Gasteiger partial charge >= 0.3 is 0 Å². The topological polar surface area (TPSA) is 73.8 Å². The molecule has 0 fully saturated rings. The van der Waals surface area contributed by atoms with Gasteiger partial charge in [0.1, 0.15) is 46.0 Å². The van der Waals surface area contributed by atoms with Crippen LogP contribution < -0.4 is 37.9 Å². The fraction of sp³-hybridized carbons (Fsp3) is 0.333. The van der Waals surface area contributed by atoms with Gasteiger partial charge in [-0.1, -0.05) is 27.7 Å². The summed E-state index contributed by atoms with van der Waals surface area (Å²) in [7, 11) is 0. The maximum absolute atomic E-state index is 6.21. The van der Waals surface area contributed by atoms with Crippen molar-refractivity contribution in [1.29, 1.82) is 0 Å². The average Bonchev–Trinajstić information content (AvgIpc) is 3.01. The molecule has 8 heteroatoms. The Labute approximate surface area is 255 Å². The van der Waals surface area contributed by atoms with E-state index in [1.165, 1.54) is 0 Å². The van der Waals surface area contributed by atoms with Crippen LogP contribution in [0.5, 0.6) is 46.0 Å². The normalized spacial score (nSPS) is 23.2. The highest BCUT2D eigenvalue weighted by Gasteiger charge is 2.33. The first-order valence-corrected chi connectivity index (χ1v) is 15.2. The molecule has 4 aromatic carbocycles. The van der Waals surface area contributed by atoms with Crippen LogP contribution in [0, 0.1) is 0 Å². The van der Waals surface area contributed by atoms with Gasteiger partial charge in [0.25, 0.3) is 0 Å². The molecule has 0 amide bonds. The van der Waals surface area contributed by atoms with Gasteiger partial charge in [0.05, 0.1) is 0 Å². The van der Waals surface area contributed by atoms with Crippen LogP contribution in [0.2, 0.25) is 0 Å². The molecular weight excluding hydrogens is 560 g/mol. The Balaban J connectivity index is 1.38. The fourth-order valence-corrected chi connectivity index (χ4v) is 7.39. The minimum atomic E-state index is -0.0335. The molecule has 0 aromatic heterocycles. The summed E-state index contributed by atoms with van der Waals surface area (Å²) in [5, 5.41) is 0. The highest BCUT2D eigenvalue weighted by atomic mass is 16.7. The first kappa shape index (κ1) is 25.7. The van der Waals surface area contributed by atoms with Crippen LogP contribution in [0.15, 0.2) is 48.5 Å². The van der Waals surface area contributed by atoms with Gasteiger partial charge in [0, 0.05) is 92.4 Å². The lowest BCUT2D eigenvalue weighted by atomic mass is 9.80. The molecule has 4 aliphatic heterocycles. The Kier molecular flexibility index (Phi) is 5.49. The number of rotatable bonds is 0. The van der Waals surface area contributed by atoms with Crippen molar-refractivity contribution in [2.24, 2.45) is 0 Å². The second-order valence-corrected chi connectivity index (χ2v) is 12.2. The Hall–Kier alpha value is -4.72. The average molecular weight is 593 g/mol. The molecule has 4 aromatic rings. The predicted molar refractivity (Wildman–Crippen MR) is 160 cm³/mol. The SMILES string of the molecule is CC1c2cc3c4cc2OCOc2cc5c(cc21)C(C)c1cc2c(cc1OCO5)OCOc1cc(c(cc1C2C)C3C)OCO4. The largest absolute Gasteiger partial charge is 0.457 e. The zero-order chi connectivity index (χ0) is 29.7. The van der Waals surface area contributed by atoms with Gasteiger partial charge < -0.3 is 37.9 Å². The van der Waals surface area contributed by atoms with Crippen LogP contribution in [-0.4, -0.2) is 27.2 Å². The summed E-state index contributed by atoms with van der Waals surface area (Å²) in [5.74, 6) is 5.78. The van der Waals surface area contributed by atoms with Crippen LogP contribution >= 0.6 is 0 Å². The van der Waals surface area contributed by atoms with Crippen molar-refractivity contribution in [2.75, 3.05) is 27.2 Å². The molecular formula is C36H32O8. The van der Waals surface area contributed by atoms with Crippen LogP contribution in [0.3, 0.4) is 0 Å². The van der Waals surface area contributed by atoms with Gasteiger partial charge in [-0.25, -0.2) is 0 Å². The van der Waals surface area contributed by atoms with E-state index in [2.05, 4.69) is 52.0 Å². The lowest BCUT2D eigenvalue weighted by Crippen LogP contribution is -2.20. The Bertz CT molecular complexity index is 1480. The molecule has 5 aliphatic rings. The highest BCUT2D eigenvalue weighted by molar-refractivity contribution is 5.63. The molecule has 44 heavy (non-hydrogen) atoms. The Morgan fingerprint density at radius 1 is 0.295 bits per heavy atom. The van der Waals surface area contributed by atoms with E-state index in [-0.39, 0.29) is 50.8 Å². The van der Waals surface area contributed by atoms with Crippen molar-refractivity contribution in [3.63, 3.8) is 0 Å². The highest BCUT2D eigenvalue weighted by Crippen LogP contribution is 2.52. The van der Waals surface area contributed by atoms with E-state index < -0.39 is 0 Å². The van der Waals surface area contributed by atoms with Crippen LogP contribution in [-0.2, 0) is 0 Å². The summed E-state index contributed by atoms with van der Waals surface area (Å²) in [4.78, 5) is 0. The monoisotopic (exact) mass is 592 g/mol. The van der Waals surface area contributed by atoms with Crippen LogP contribution in [0.25, 0.3) is 0 Å². The molecule has 0 spiro atoms. The lowest BCUT2D eigenvalue weighted by molar-refractivity contribution is 0.0992. The summed E-state index contributed by atoms with van der Waals surface area (Å²) in [6.07, 6.45) is 0. The van der Waals surface area contributed by atoms with E-state index in [9.17, 15) is 0 Å². The van der Waals surface area contributed by atoms with Crippen molar-refractivity contribution in [1.82, 2.24) is 0 Å². The van der Waals surface area contributed by atoms with E-state index in [0.717, 1.165) is 90.5 Å². The zero-order valence-electron chi connectivity index (χ0n) is 25.0. The first-order valence-electron chi connectivity index (χ1n) is 15.2. The molecule has 0 unspecified atom stereocenters. The summed E-state index contributed by atoms with van der Waals surface area (Å²) in [5.41, 5.74) is 8.62. The summed E-state index contributed by atoms with van der Waals surface area (Å²) < 4.78 is 49.7. The van der Waals surface area contributed by atoms with E-state index in [0.29, 0.717) is 0 Å². The maximum atomic E-state index is 6.21. The van der Waals surface area contributed by atoms with Gasteiger partial charge in [-0.15, -0.1) is 0 Å². The lowest BCUT2D eigenvalue weighted by Gasteiger charge is -2.32. The minimum Gasteiger partial charge on any atom is -0.457 e. The minimum absolute atomic E-state index is 0.0335. The molecule has 8 nitrogen and oxygen atoms in total. The standard InChI is InChI=1S/C36H32O8/c1-17-21-5-23-18(2)25-7-27-20(4)28-8-26-19(3)24-6-22(17)30-10-32(24)40-15-42-34(26)12-36(28)44-16-43-35(27)11-33(25)41-14-39-31(23)9-29(21)37-13-38-30/h5-12,17-20H,13-16H2,1-4H3. The molecule has 224 valence electrons. The quantitative estimate of drug-likeness (QED) is 0.208. The molecule has 0 radical (unpaired) electrons. The summed E-state index contributed by atoms with van der Waals surface area (Å²) in [6.45, 7) is 9.04. The first-order chi connectivity index (χ1) is 21.4. The molecule has 8 bridgehead atoms. The van der Waals surface area contributed by atoms with Crippen molar-refractivity contribution in [3.05, 3.63) is 93.0 Å². The van der Waals surface area contributed by atoms with Gasteiger partial charge in [-0.2, -0.15) is 0 Å². The predicted octanol–water partition coefficient (Wildman–Crippen LogP) is 7.52. The van der Waals surface area contributed by atoms with E-state index in [1.54, 1.807) is 0 Å². The third-order valence-electron chi connectivity index (χ3n) is 10.0. The van der Waals surface area contributed by atoms with E-state index in [4.69, 9.17) is 37.9 Å². The maximum Gasteiger partial charge on any atom is 0.230 e. The van der Waals surface area contributed by atoms with E-state index >= 15 is 0 Å². The molecule has 0 atom stereocenters. The second kappa shape index (κ2) is 9.39. The van der Waals surface area contributed by atoms with Gasteiger partial charge in [-0.05, 0) is 24.3 Å². The van der Waals surface area contributed by atoms with Crippen LogP contribution in [0.1, 0.15) is 95.9 Å². The van der Waals surface area contributed by atoms with Crippen molar-refractivity contribution in [3.8, 4) is 46.0 Å². The Morgan fingerprint density at radius 2 is 0.455 bits per heavy atom. The molecule has 0 saturated heterocycles. The molecule has 9 rings (SSSR count). The number of hydrogen-bond donors (Lipinski definition) is 0. The van der Waals surface area contributed by atoms with E-state index in [1.807, 2.05) is 24.3 Å². The number of hydrogen-bond acceptors (Lipinski definition) is 8. The third kappa shape index (κ3) is 3.69. The number of ether oxygens (including phenoxy) is 8. The molecule has 4 heterocycles. The summed E-state index contributed by atoms with van der Waals surface area (Å²) >= 11 is 0. The third-order valence-corrected chi connectivity index (χ3v) is 10.0. The zero-order valence-corrected chi connectivity index (χ0v) is 25.0. The Morgan fingerprint density at radius 3 is 0.614 bits per heavy atom. The smallest absolute Gasteiger partial charge is 0.230 e. The van der Waals surface area contributed by atoms with Gasteiger partial charge in [-0.3, -0.25) is 0 Å².